The molecule has 0 saturated carbocycles. The number of rotatable bonds is 8. The van der Waals surface area contributed by atoms with Crippen LogP contribution in [-0.2, 0) is 11.2 Å². The number of ether oxygens (including phenoxy) is 1. The smallest absolute Gasteiger partial charge is 0.224 e. The number of alkyl halides is 1. The summed E-state index contributed by atoms with van der Waals surface area (Å²) in [6.07, 6.45) is 2.64. The largest absolute Gasteiger partial charge is 0.497 e. The predicted octanol–water partition coefficient (Wildman–Crippen LogP) is 3.55. The van der Waals surface area contributed by atoms with Gasteiger partial charge < -0.3 is 10.1 Å². The van der Waals surface area contributed by atoms with E-state index in [1.165, 1.54) is 0 Å². The molecule has 112 valence electrons. The van der Waals surface area contributed by atoms with Gasteiger partial charge in [0.1, 0.15) is 5.75 Å². The Morgan fingerprint density at radius 3 is 2.65 bits per heavy atom. The highest BCUT2D eigenvalue weighted by Crippen LogP contribution is 2.19. The first-order valence-corrected chi connectivity index (χ1v) is 8.05. The van der Waals surface area contributed by atoms with Gasteiger partial charge in [-0.3, -0.25) is 4.79 Å². The van der Waals surface area contributed by atoms with Gasteiger partial charge in [0.25, 0.3) is 0 Å². The van der Waals surface area contributed by atoms with Crippen molar-refractivity contribution in [3.05, 3.63) is 29.8 Å². The molecule has 0 heterocycles. The molecule has 1 rings (SSSR count). The van der Waals surface area contributed by atoms with Crippen molar-refractivity contribution in [1.29, 1.82) is 0 Å². The van der Waals surface area contributed by atoms with Crippen LogP contribution in [0, 0.1) is 5.92 Å². The monoisotopic (exact) mass is 341 g/mol. The Hall–Kier alpha value is -1.03. The molecule has 1 N–H and O–H groups in total. The van der Waals surface area contributed by atoms with Crippen LogP contribution < -0.4 is 10.1 Å². The highest BCUT2D eigenvalue weighted by atomic mass is 79.9. The summed E-state index contributed by atoms with van der Waals surface area (Å²) >= 11 is 3.67. The Morgan fingerprint density at radius 2 is 2.05 bits per heavy atom. The number of halogens is 1. The van der Waals surface area contributed by atoms with Crippen LogP contribution in [-0.4, -0.2) is 24.4 Å². The summed E-state index contributed by atoms with van der Waals surface area (Å²) in [5.41, 5.74) is 0.968. The second-order valence-electron chi connectivity index (χ2n) is 4.92. The van der Waals surface area contributed by atoms with E-state index in [1.807, 2.05) is 24.3 Å². The molecule has 1 atom stereocenters. The van der Waals surface area contributed by atoms with Crippen LogP contribution in [0.25, 0.3) is 0 Å². The number of nitrogens with one attached hydrogen (secondary N) is 1. The van der Waals surface area contributed by atoms with Gasteiger partial charge in [0.05, 0.1) is 13.5 Å². The highest BCUT2D eigenvalue weighted by molar-refractivity contribution is 9.09. The third-order valence-electron chi connectivity index (χ3n) is 3.55. The van der Waals surface area contributed by atoms with E-state index in [2.05, 4.69) is 35.1 Å². The van der Waals surface area contributed by atoms with Crippen molar-refractivity contribution in [2.24, 2.45) is 5.92 Å². The van der Waals surface area contributed by atoms with Crippen LogP contribution in [0.3, 0.4) is 0 Å². The maximum absolute atomic E-state index is 11.9. The normalized spacial score (nSPS) is 12.2. The third-order valence-corrected chi connectivity index (χ3v) is 4.62. The number of benzene rings is 1. The molecule has 1 amide bonds. The molecule has 0 saturated heterocycles. The number of carbonyl (C=O) groups excluding carboxylic acids is 1. The number of hydrogen-bond acceptors (Lipinski definition) is 2. The minimum atomic E-state index is 0.0497. The predicted molar refractivity (Wildman–Crippen MR) is 86.5 cm³/mol. The van der Waals surface area contributed by atoms with Crippen molar-refractivity contribution >= 4 is 21.8 Å². The first-order chi connectivity index (χ1) is 9.60. The standard InChI is InChI=1S/C16H24BrNO2/c1-4-13(5-2)15(17)11-18-16(19)10-12-7-6-8-14(9-12)20-3/h6-9,13,15H,4-5,10-11H2,1-3H3,(H,18,19). The van der Waals surface area contributed by atoms with Crippen LogP contribution in [0.1, 0.15) is 32.3 Å². The molecular weight excluding hydrogens is 318 g/mol. The summed E-state index contributed by atoms with van der Waals surface area (Å²) in [4.78, 5) is 12.3. The minimum Gasteiger partial charge on any atom is -0.497 e. The fourth-order valence-electron chi connectivity index (χ4n) is 2.21. The molecule has 4 heteroatoms. The maximum atomic E-state index is 11.9. The van der Waals surface area contributed by atoms with Crippen LogP contribution in [0.4, 0.5) is 0 Å². The van der Waals surface area contributed by atoms with Crippen molar-refractivity contribution in [3.63, 3.8) is 0 Å². The van der Waals surface area contributed by atoms with Gasteiger partial charge in [0.15, 0.2) is 0 Å². The van der Waals surface area contributed by atoms with Crippen LogP contribution in [0.2, 0.25) is 0 Å². The summed E-state index contributed by atoms with van der Waals surface area (Å²) in [5.74, 6) is 1.44. The van der Waals surface area contributed by atoms with Gasteiger partial charge in [-0.15, -0.1) is 0 Å². The summed E-state index contributed by atoms with van der Waals surface area (Å²) in [5, 5.41) is 2.99. The molecular formula is C16H24BrNO2. The van der Waals surface area contributed by atoms with Crippen LogP contribution in [0.15, 0.2) is 24.3 Å². The molecule has 1 aromatic rings. The maximum Gasteiger partial charge on any atom is 0.224 e. The van der Waals surface area contributed by atoms with Gasteiger partial charge in [0, 0.05) is 11.4 Å². The van der Waals surface area contributed by atoms with E-state index in [0.717, 1.165) is 24.2 Å². The average Bonchev–Trinajstić information content (AvgIpc) is 2.46. The van der Waals surface area contributed by atoms with Crippen molar-refractivity contribution in [2.45, 2.75) is 37.9 Å². The molecule has 1 aromatic carbocycles. The fraction of sp³-hybridized carbons (Fsp3) is 0.562. The van der Waals surface area contributed by atoms with E-state index in [1.54, 1.807) is 7.11 Å². The lowest BCUT2D eigenvalue weighted by Gasteiger charge is -2.19. The Labute approximate surface area is 130 Å². The number of methoxy groups -OCH3 is 1. The molecule has 1 unspecified atom stereocenters. The van der Waals surface area contributed by atoms with E-state index in [0.29, 0.717) is 23.7 Å². The van der Waals surface area contributed by atoms with E-state index in [9.17, 15) is 4.79 Å². The minimum absolute atomic E-state index is 0.0497. The van der Waals surface area contributed by atoms with Crippen molar-refractivity contribution in [1.82, 2.24) is 5.32 Å². The molecule has 0 bridgehead atoms. The molecule has 0 aliphatic carbocycles. The van der Waals surface area contributed by atoms with E-state index in [4.69, 9.17) is 4.74 Å². The Balaban J connectivity index is 2.43. The lowest BCUT2D eigenvalue weighted by atomic mass is 9.99. The number of carbonyl (C=O) groups is 1. The van der Waals surface area contributed by atoms with Gasteiger partial charge in [-0.2, -0.15) is 0 Å². The number of hydrogen-bond donors (Lipinski definition) is 1. The van der Waals surface area contributed by atoms with E-state index < -0.39 is 0 Å². The van der Waals surface area contributed by atoms with Crippen LogP contribution in [0.5, 0.6) is 5.75 Å². The van der Waals surface area contributed by atoms with Gasteiger partial charge in [0.2, 0.25) is 5.91 Å². The van der Waals surface area contributed by atoms with E-state index >= 15 is 0 Å². The summed E-state index contributed by atoms with van der Waals surface area (Å²) in [6, 6.07) is 7.61. The van der Waals surface area contributed by atoms with Crippen molar-refractivity contribution in [3.8, 4) is 5.75 Å². The van der Waals surface area contributed by atoms with Gasteiger partial charge in [-0.05, 0) is 23.6 Å². The summed E-state index contributed by atoms with van der Waals surface area (Å²) < 4.78 is 5.16. The summed E-state index contributed by atoms with van der Waals surface area (Å²) in [6.45, 7) is 5.04. The Morgan fingerprint density at radius 1 is 1.35 bits per heavy atom. The quantitative estimate of drug-likeness (QED) is 0.734. The lowest BCUT2D eigenvalue weighted by Crippen LogP contribution is -2.33. The third kappa shape index (κ3) is 5.53. The van der Waals surface area contributed by atoms with Gasteiger partial charge in [-0.25, -0.2) is 0 Å². The zero-order valence-electron chi connectivity index (χ0n) is 12.5. The van der Waals surface area contributed by atoms with Crippen molar-refractivity contribution < 1.29 is 9.53 Å². The molecule has 0 radical (unpaired) electrons. The first kappa shape index (κ1) is 17.0. The number of amides is 1. The Kier molecular flexibility index (Phi) is 7.67. The van der Waals surface area contributed by atoms with Gasteiger partial charge >= 0.3 is 0 Å². The van der Waals surface area contributed by atoms with Crippen molar-refractivity contribution in [2.75, 3.05) is 13.7 Å². The molecule has 3 nitrogen and oxygen atoms in total. The molecule has 20 heavy (non-hydrogen) atoms. The topological polar surface area (TPSA) is 38.3 Å². The Bertz CT molecular complexity index is 419. The molecule has 0 aliphatic heterocycles. The first-order valence-electron chi connectivity index (χ1n) is 7.14. The highest BCUT2D eigenvalue weighted by Gasteiger charge is 2.16. The van der Waals surface area contributed by atoms with E-state index in [-0.39, 0.29) is 5.91 Å². The molecule has 0 aromatic heterocycles. The fourth-order valence-corrected chi connectivity index (χ4v) is 3.12. The molecule has 0 fully saturated rings. The second kappa shape index (κ2) is 9.01. The average molecular weight is 342 g/mol. The zero-order chi connectivity index (χ0) is 15.0. The SMILES string of the molecule is CCC(CC)C(Br)CNC(=O)Cc1cccc(OC)c1. The molecule has 0 aliphatic rings. The lowest BCUT2D eigenvalue weighted by molar-refractivity contribution is -0.120. The summed E-state index contributed by atoms with van der Waals surface area (Å²) in [7, 11) is 1.63. The second-order valence-corrected chi connectivity index (χ2v) is 6.10. The zero-order valence-corrected chi connectivity index (χ0v) is 14.1. The molecule has 0 spiro atoms. The van der Waals surface area contributed by atoms with Crippen LogP contribution >= 0.6 is 15.9 Å². The van der Waals surface area contributed by atoms with Gasteiger partial charge in [-0.1, -0.05) is 54.8 Å².